The van der Waals surface area contributed by atoms with Crippen molar-refractivity contribution in [2.45, 2.75) is 38.9 Å². The molecular weight excluding hydrogens is 395 g/mol. The average molecular weight is 421 g/mol. The Morgan fingerprint density at radius 1 is 1.13 bits per heavy atom. The van der Waals surface area contributed by atoms with Gasteiger partial charge in [-0.2, -0.15) is 13.2 Å². The molecular formula is C23H26F3NO3. The Hall–Kier alpha value is -2.70. The van der Waals surface area contributed by atoms with E-state index in [0.717, 1.165) is 23.3 Å². The van der Waals surface area contributed by atoms with E-state index in [1.54, 1.807) is 17.0 Å². The lowest BCUT2D eigenvalue weighted by Crippen LogP contribution is -2.41. The van der Waals surface area contributed by atoms with Crippen molar-refractivity contribution in [3.05, 3.63) is 58.7 Å². The van der Waals surface area contributed by atoms with Crippen molar-refractivity contribution in [2.75, 3.05) is 20.8 Å². The lowest BCUT2D eigenvalue weighted by atomic mass is 9.86. The number of alkyl halides is 3. The van der Waals surface area contributed by atoms with E-state index in [0.29, 0.717) is 36.4 Å². The molecule has 0 saturated heterocycles. The highest BCUT2D eigenvalue weighted by Gasteiger charge is 2.36. The maximum atomic E-state index is 13.4. The molecule has 7 heteroatoms. The summed E-state index contributed by atoms with van der Waals surface area (Å²) in [7, 11) is 3.05. The SMILES string of the molecule is COc1cc2c(cc1OC)[C@@H](c1cccc(C(F)(F)F)c1)N(C(=O)CC(C)C)CC2. The molecule has 162 valence electrons. The van der Waals surface area contributed by atoms with E-state index in [1.165, 1.54) is 20.3 Å². The molecule has 3 rings (SSSR count). The highest BCUT2D eigenvalue weighted by Crippen LogP contribution is 2.42. The summed E-state index contributed by atoms with van der Waals surface area (Å²) in [5.41, 5.74) is 1.39. The van der Waals surface area contributed by atoms with Crippen LogP contribution in [-0.2, 0) is 17.4 Å². The normalized spacial score (nSPS) is 16.4. The van der Waals surface area contributed by atoms with Gasteiger partial charge in [-0.15, -0.1) is 0 Å². The first kappa shape index (κ1) is 22.0. The largest absolute Gasteiger partial charge is 0.493 e. The zero-order chi connectivity index (χ0) is 22.1. The number of fused-ring (bicyclic) bond motifs is 1. The maximum Gasteiger partial charge on any atom is 0.416 e. The topological polar surface area (TPSA) is 38.8 Å². The molecule has 0 N–H and O–H groups in total. The van der Waals surface area contributed by atoms with Gasteiger partial charge in [-0.1, -0.05) is 26.0 Å². The molecule has 0 fully saturated rings. The molecule has 0 aliphatic carbocycles. The number of ether oxygens (including phenoxy) is 2. The minimum atomic E-state index is -4.46. The summed E-state index contributed by atoms with van der Waals surface area (Å²) in [5.74, 6) is 1.10. The fourth-order valence-electron chi connectivity index (χ4n) is 3.93. The zero-order valence-corrected chi connectivity index (χ0v) is 17.5. The number of hydrogen-bond acceptors (Lipinski definition) is 3. The van der Waals surface area contributed by atoms with Crippen LogP contribution >= 0.6 is 0 Å². The summed E-state index contributed by atoms with van der Waals surface area (Å²) < 4.78 is 50.9. The Bertz CT molecular complexity index is 924. The highest BCUT2D eigenvalue weighted by atomic mass is 19.4. The number of carbonyl (C=O) groups is 1. The molecule has 30 heavy (non-hydrogen) atoms. The van der Waals surface area contributed by atoms with Crippen LogP contribution in [0.1, 0.15) is 48.6 Å². The van der Waals surface area contributed by atoms with Crippen molar-refractivity contribution in [1.82, 2.24) is 4.90 Å². The van der Waals surface area contributed by atoms with E-state index < -0.39 is 17.8 Å². The molecule has 1 atom stereocenters. The van der Waals surface area contributed by atoms with Crippen molar-refractivity contribution < 1.29 is 27.4 Å². The van der Waals surface area contributed by atoms with E-state index >= 15 is 0 Å². The van der Waals surface area contributed by atoms with Crippen molar-refractivity contribution in [3.8, 4) is 11.5 Å². The van der Waals surface area contributed by atoms with Crippen molar-refractivity contribution in [2.24, 2.45) is 5.92 Å². The van der Waals surface area contributed by atoms with E-state index in [-0.39, 0.29) is 11.8 Å². The third-order valence-electron chi connectivity index (χ3n) is 5.31. The van der Waals surface area contributed by atoms with Gasteiger partial charge < -0.3 is 14.4 Å². The molecule has 0 aromatic heterocycles. The van der Waals surface area contributed by atoms with E-state index in [1.807, 2.05) is 19.9 Å². The first-order valence-electron chi connectivity index (χ1n) is 9.87. The number of rotatable bonds is 5. The molecule has 4 nitrogen and oxygen atoms in total. The van der Waals surface area contributed by atoms with Crippen molar-refractivity contribution >= 4 is 5.91 Å². The van der Waals surface area contributed by atoms with Crippen LogP contribution in [0.4, 0.5) is 13.2 Å². The molecule has 2 aromatic rings. The van der Waals surface area contributed by atoms with Gasteiger partial charge in [-0.05, 0) is 53.3 Å². The first-order valence-corrected chi connectivity index (χ1v) is 9.87. The van der Waals surface area contributed by atoms with Gasteiger partial charge in [0.25, 0.3) is 0 Å². The molecule has 0 spiro atoms. The van der Waals surface area contributed by atoms with Gasteiger partial charge in [0.05, 0.1) is 25.8 Å². The fraction of sp³-hybridized carbons (Fsp3) is 0.435. The van der Waals surface area contributed by atoms with Crippen LogP contribution in [0, 0.1) is 5.92 Å². The van der Waals surface area contributed by atoms with Gasteiger partial charge >= 0.3 is 6.18 Å². The number of amides is 1. The van der Waals surface area contributed by atoms with Crippen LogP contribution in [-0.4, -0.2) is 31.6 Å². The van der Waals surface area contributed by atoms with Gasteiger partial charge in [0.2, 0.25) is 5.91 Å². The van der Waals surface area contributed by atoms with Crippen molar-refractivity contribution in [3.63, 3.8) is 0 Å². The fourth-order valence-corrected chi connectivity index (χ4v) is 3.93. The number of hydrogen-bond donors (Lipinski definition) is 0. The Labute approximate surface area is 174 Å². The zero-order valence-electron chi connectivity index (χ0n) is 17.5. The second-order valence-electron chi connectivity index (χ2n) is 7.87. The molecule has 0 saturated carbocycles. The van der Waals surface area contributed by atoms with Gasteiger partial charge in [0, 0.05) is 13.0 Å². The minimum Gasteiger partial charge on any atom is -0.493 e. The Morgan fingerprint density at radius 3 is 2.40 bits per heavy atom. The van der Waals surface area contributed by atoms with Crippen LogP contribution in [0.2, 0.25) is 0 Å². The Kier molecular flexibility index (Phi) is 6.29. The van der Waals surface area contributed by atoms with E-state index in [9.17, 15) is 18.0 Å². The summed E-state index contributed by atoms with van der Waals surface area (Å²) >= 11 is 0. The molecule has 0 radical (unpaired) electrons. The summed E-state index contributed by atoms with van der Waals surface area (Å²) in [6.07, 6.45) is -3.54. The number of halogens is 3. The van der Waals surface area contributed by atoms with Crippen LogP contribution in [0.5, 0.6) is 11.5 Å². The maximum absolute atomic E-state index is 13.4. The smallest absolute Gasteiger partial charge is 0.416 e. The lowest BCUT2D eigenvalue weighted by molar-refractivity contribution is -0.137. The van der Waals surface area contributed by atoms with Crippen LogP contribution in [0.25, 0.3) is 0 Å². The Morgan fingerprint density at radius 2 is 1.80 bits per heavy atom. The number of nitrogens with zero attached hydrogens (tertiary/aromatic N) is 1. The molecule has 0 unspecified atom stereocenters. The highest BCUT2D eigenvalue weighted by molar-refractivity contribution is 5.78. The molecule has 1 aliphatic rings. The predicted octanol–water partition coefficient (Wildman–Crippen LogP) is 5.24. The summed E-state index contributed by atoms with van der Waals surface area (Å²) in [4.78, 5) is 14.7. The van der Waals surface area contributed by atoms with Gasteiger partial charge in [0.15, 0.2) is 11.5 Å². The molecule has 1 heterocycles. The van der Waals surface area contributed by atoms with Crippen LogP contribution in [0.15, 0.2) is 36.4 Å². The summed E-state index contributed by atoms with van der Waals surface area (Å²) in [6.45, 7) is 4.32. The molecule has 0 bridgehead atoms. The standard InChI is InChI=1S/C23H26F3NO3/c1-14(2)10-21(28)27-9-8-15-12-19(29-3)20(30-4)13-18(15)22(27)16-6-5-7-17(11-16)23(24,25)26/h5-7,11-14,22H,8-10H2,1-4H3/t22-/m1/s1. The third kappa shape index (κ3) is 4.40. The van der Waals surface area contributed by atoms with Gasteiger partial charge in [0.1, 0.15) is 0 Å². The quantitative estimate of drug-likeness (QED) is 0.663. The summed E-state index contributed by atoms with van der Waals surface area (Å²) in [5, 5.41) is 0. The Balaban J connectivity index is 2.17. The molecule has 2 aromatic carbocycles. The van der Waals surface area contributed by atoms with Crippen LogP contribution in [0.3, 0.4) is 0 Å². The van der Waals surface area contributed by atoms with Gasteiger partial charge in [-0.3, -0.25) is 4.79 Å². The monoisotopic (exact) mass is 421 g/mol. The second-order valence-corrected chi connectivity index (χ2v) is 7.87. The predicted molar refractivity (Wildman–Crippen MR) is 108 cm³/mol. The van der Waals surface area contributed by atoms with Crippen molar-refractivity contribution in [1.29, 1.82) is 0 Å². The lowest BCUT2D eigenvalue weighted by Gasteiger charge is -2.38. The average Bonchev–Trinajstić information content (AvgIpc) is 2.70. The van der Waals surface area contributed by atoms with E-state index in [4.69, 9.17) is 9.47 Å². The number of carbonyl (C=O) groups excluding carboxylic acids is 1. The minimum absolute atomic E-state index is 0.0761. The van der Waals surface area contributed by atoms with Crippen LogP contribution < -0.4 is 9.47 Å². The number of benzene rings is 2. The molecule has 1 amide bonds. The first-order chi connectivity index (χ1) is 14.2. The number of methoxy groups -OCH3 is 2. The third-order valence-corrected chi connectivity index (χ3v) is 5.31. The molecule has 1 aliphatic heterocycles. The summed E-state index contributed by atoms with van der Waals surface area (Å²) in [6, 6.07) is 8.20. The van der Waals surface area contributed by atoms with E-state index in [2.05, 4.69) is 0 Å². The van der Waals surface area contributed by atoms with Gasteiger partial charge in [-0.25, -0.2) is 0 Å². The second kappa shape index (κ2) is 8.58.